The second-order valence-corrected chi connectivity index (χ2v) is 6.24. The minimum absolute atomic E-state index is 0.0671. The summed E-state index contributed by atoms with van der Waals surface area (Å²) in [5.74, 6) is 1.41. The van der Waals surface area contributed by atoms with Crippen LogP contribution < -0.4 is 10.9 Å². The van der Waals surface area contributed by atoms with Crippen LogP contribution in [0.3, 0.4) is 0 Å². The average Bonchev–Trinajstić information content (AvgIpc) is 2.28. The summed E-state index contributed by atoms with van der Waals surface area (Å²) < 4.78 is 0. The van der Waals surface area contributed by atoms with E-state index < -0.39 is 0 Å². The maximum absolute atomic E-state index is 3.56. The lowest BCUT2D eigenvalue weighted by Gasteiger charge is -2.34. The average molecular weight is 254 g/mol. The van der Waals surface area contributed by atoms with Gasteiger partial charge in [0.1, 0.15) is 0 Å². The Morgan fingerprint density at radius 3 is 2.28 bits per heavy atom. The molecular formula is C16H34N2. The highest BCUT2D eigenvalue weighted by Gasteiger charge is 2.26. The van der Waals surface area contributed by atoms with Crippen LogP contribution in [-0.4, -0.2) is 12.1 Å². The fourth-order valence-corrected chi connectivity index (χ4v) is 2.22. The number of hydrogen-bond donors (Lipinski definition) is 2. The number of allylic oxidation sites excluding steroid dienone is 1. The summed E-state index contributed by atoms with van der Waals surface area (Å²) in [4.78, 5) is 0. The molecule has 0 aliphatic heterocycles. The molecule has 0 bridgehead atoms. The summed E-state index contributed by atoms with van der Waals surface area (Å²) in [6, 6.07) is 0. The summed E-state index contributed by atoms with van der Waals surface area (Å²) in [6.45, 7) is 16.9. The van der Waals surface area contributed by atoms with Crippen molar-refractivity contribution in [3.8, 4) is 0 Å². The van der Waals surface area contributed by atoms with Crippen LogP contribution in [0.5, 0.6) is 0 Å². The van der Waals surface area contributed by atoms with Crippen molar-refractivity contribution in [2.24, 2.45) is 11.8 Å². The summed E-state index contributed by atoms with van der Waals surface area (Å²) >= 11 is 0. The lowest BCUT2D eigenvalue weighted by Crippen LogP contribution is -2.52. The Kier molecular flexibility index (Phi) is 8.54. The van der Waals surface area contributed by atoms with Gasteiger partial charge in [0.05, 0.1) is 5.54 Å². The van der Waals surface area contributed by atoms with E-state index in [-0.39, 0.29) is 5.54 Å². The van der Waals surface area contributed by atoms with Gasteiger partial charge in [-0.05, 0) is 38.5 Å². The van der Waals surface area contributed by atoms with Crippen LogP contribution in [0.2, 0.25) is 0 Å². The lowest BCUT2D eigenvalue weighted by molar-refractivity contribution is 0.283. The molecule has 2 heteroatoms. The van der Waals surface area contributed by atoms with E-state index >= 15 is 0 Å². The first-order chi connectivity index (χ1) is 8.35. The third-order valence-electron chi connectivity index (χ3n) is 3.71. The largest absolute Gasteiger partial charge is 0.257 e. The van der Waals surface area contributed by atoms with E-state index in [1.54, 1.807) is 0 Å². The Hall–Kier alpha value is -0.340. The van der Waals surface area contributed by atoms with E-state index in [1.165, 1.54) is 12.0 Å². The molecule has 0 aromatic carbocycles. The van der Waals surface area contributed by atoms with Crippen LogP contribution >= 0.6 is 0 Å². The monoisotopic (exact) mass is 254 g/mol. The molecule has 0 heterocycles. The van der Waals surface area contributed by atoms with E-state index in [0.29, 0.717) is 5.92 Å². The standard InChI is InChI=1S/C16H34N2/c1-8-10-15(6)16(7,11-13(3)4)18-17-12-14(5)9-2/h10,13-14,17-18H,8-9,11-12H2,1-7H3/b15-10+. The second kappa shape index (κ2) is 8.71. The first-order valence-corrected chi connectivity index (χ1v) is 7.53. The van der Waals surface area contributed by atoms with Gasteiger partial charge in [-0.3, -0.25) is 5.43 Å². The van der Waals surface area contributed by atoms with Crippen molar-refractivity contribution >= 4 is 0 Å². The van der Waals surface area contributed by atoms with Crippen LogP contribution in [0.25, 0.3) is 0 Å². The highest BCUT2D eigenvalue weighted by atomic mass is 15.4. The smallest absolute Gasteiger partial charge is 0.0503 e. The fraction of sp³-hybridized carbons (Fsp3) is 0.875. The van der Waals surface area contributed by atoms with Crippen molar-refractivity contribution in [2.75, 3.05) is 6.54 Å². The maximum Gasteiger partial charge on any atom is 0.0503 e. The summed E-state index contributed by atoms with van der Waals surface area (Å²) in [6.07, 6.45) is 5.81. The SMILES string of the molecule is CC/C=C(\C)C(C)(CC(C)C)NNCC(C)CC. The van der Waals surface area contributed by atoms with Crippen LogP contribution in [0.1, 0.15) is 67.7 Å². The second-order valence-electron chi connectivity index (χ2n) is 6.24. The molecule has 0 amide bonds. The van der Waals surface area contributed by atoms with E-state index in [2.05, 4.69) is 65.4 Å². The highest BCUT2D eigenvalue weighted by molar-refractivity contribution is 5.16. The van der Waals surface area contributed by atoms with Crippen LogP contribution in [0.15, 0.2) is 11.6 Å². The molecule has 0 aliphatic carbocycles. The van der Waals surface area contributed by atoms with E-state index in [1.807, 2.05) is 0 Å². The molecule has 2 atom stereocenters. The van der Waals surface area contributed by atoms with Crippen molar-refractivity contribution < 1.29 is 0 Å². The fourth-order valence-electron chi connectivity index (χ4n) is 2.22. The van der Waals surface area contributed by atoms with Gasteiger partial charge < -0.3 is 0 Å². The molecule has 0 aromatic heterocycles. The topological polar surface area (TPSA) is 24.1 Å². The van der Waals surface area contributed by atoms with E-state index in [0.717, 1.165) is 25.3 Å². The van der Waals surface area contributed by atoms with Gasteiger partial charge in [0, 0.05) is 6.54 Å². The van der Waals surface area contributed by atoms with Gasteiger partial charge in [-0.25, -0.2) is 5.43 Å². The zero-order chi connectivity index (χ0) is 14.2. The molecule has 0 radical (unpaired) electrons. The number of rotatable bonds is 9. The third-order valence-corrected chi connectivity index (χ3v) is 3.71. The lowest BCUT2D eigenvalue weighted by atomic mass is 9.84. The third kappa shape index (κ3) is 6.55. The molecule has 0 saturated carbocycles. The molecule has 0 saturated heterocycles. The number of nitrogens with one attached hydrogen (secondary N) is 2. The van der Waals surface area contributed by atoms with Gasteiger partial charge in [0.15, 0.2) is 0 Å². The van der Waals surface area contributed by atoms with Gasteiger partial charge in [-0.15, -0.1) is 0 Å². The molecule has 18 heavy (non-hydrogen) atoms. The Bertz CT molecular complexity index is 245. The van der Waals surface area contributed by atoms with Crippen LogP contribution in [-0.2, 0) is 0 Å². The Balaban J connectivity index is 4.52. The highest BCUT2D eigenvalue weighted by Crippen LogP contribution is 2.24. The number of hydrazine groups is 1. The molecular weight excluding hydrogens is 220 g/mol. The molecule has 108 valence electrons. The van der Waals surface area contributed by atoms with Crippen LogP contribution in [0, 0.1) is 11.8 Å². The van der Waals surface area contributed by atoms with E-state index in [4.69, 9.17) is 0 Å². The zero-order valence-corrected chi connectivity index (χ0v) is 13.6. The molecule has 0 fully saturated rings. The Morgan fingerprint density at radius 2 is 1.83 bits per heavy atom. The quantitative estimate of drug-likeness (QED) is 0.474. The predicted molar refractivity (Wildman–Crippen MR) is 82.5 cm³/mol. The summed E-state index contributed by atoms with van der Waals surface area (Å²) in [5.41, 5.74) is 8.50. The minimum Gasteiger partial charge on any atom is -0.257 e. The summed E-state index contributed by atoms with van der Waals surface area (Å²) in [5, 5.41) is 0. The van der Waals surface area contributed by atoms with Crippen molar-refractivity contribution in [3.63, 3.8) is 0 Å². The molecule has 2 nitrogen and oxygen atoms in total. The van der Waals surface area contributed by atoms with Crippen molar-refractivity contribution in [2.45, 2.75) is 73.3 Å². The van der Waals surface area contributed by atoms with Gasteiger partial charge in [-0.2, -0.15) is 0 Å². The number of hydrogen-bond acceptors (Lipinski definition) is 2. The van der Waals surface area contributed by atoms with Crippen molar-refractivity contribution in [3.05, 3.63) is 11.6 Å². The Labute approximate surface area is 115 Å². The molecule has 2 N–H and O–H groups in total. The van der Waals surface area contributed by atoms with Crippen molar-refractivity contribution in [1.82, 2.24) is 10.9 Å². The first kappa shape index (κ1) is 17.7. The first-order valence-electron chi connectivity index (χ1n) is 7.53. The predicted octanol–water partition coefficient (Wildman–Crippen LogP) is 4.29. The van der Waals surface area contributed by atoms with Crippen molar-refractivity contribution in [1.29, 1.82) is 0 Å². The molecule has 0 aromatic rings. The summed E-state index contributed by atoms with van der Waals surface area (Å²) in [7, 11) is 0. The van der Waals surface area contributed by atoms with Gasteiger partial charge in [-0.1, -0.05) is 52.7 Å². The normalized spacial score (nSPS) is 17.9. The Morgan fingerprint density at radius 1 is 1.22 bits per heavy atom. The zero-order valence-electron chi connectivity index (χ0n) is 13.6. The van der Waals surface area contributed by atoms with Crippen LogP contribution in [0.4, 0.5) is 0 Å². The van der Waals surface area contributed by atoms with E-state index in [9.17, 15) is 0 Å². The molecule has 0 spiro atoms. The molecule has 0 aliphatic rings. The van der Waals surface area contributed by atoms with Gasteiger partial charge >= 0.3 is 0 Å². The molecule has 2 unspecified atom stereocenters. The van der Waals surface area contributed by atoms with Gasteiger partial charge in [0.2, 0.25) is 0 Å². The molecule has 0 rings (SSSR count). The minimum atomic E-state index is 0.0671. The maximum atomic E-state index is 3.56. The van der Waals surface area contributed by atoms with Gasteiger partial charge in [0.25, 0.3) is 0 Å².